The van der Waals surface area contributed by atoms with E-state index in [0.29, 0.717) is 0 Å². The van der Waals surface area contributed by atoms with Crippen LogP contribution in [0.15, 0.2) is 24.4 Å². The predicted molar refractivity (Wildman–Crippen MR) is 75.4 cm³/mol. The average Bonchev–Trinajstić information content (AvgIpc) is 2.37. The predicted octanol–water partition coefficient (Wildman–Crippen LogP) is 2.43. The van der Waals surface area contributed by atoms with Gasteiger partial charge in [0.2, 0.25) is 0 Å². The molecule has 2 rings (SSSR count). The Bertz CT molecular complexity index is 384. The van der Waals surface area contributed by atoms with Gasteiger partial charge >= 0.3 is 0 Å². The number of nitrogens with zero attached hydrogens (tertiary/aromatic N) is 2. The van der Waals surface area contributed by atoms with Crippen LogP contribution in [0.25, 0.3) is 0 Å². The molecule has 0 spiro atoms. The van der Waals surface area contributed by atoms with E-state index >= 15 is 0 Å². The second kappa shape index (κ2) is 4.98. The van der Waals surface area contributed by atoms with Crippen molar-refractivity contribution < 1.29 is 0 Å². The van der Waals surface area contributed by atoms with Crippen molar-refractivity contribution in [2.24, 2.45) is 0 Å². The van der Waals surface area contributed by atoms with Crippen molar-refractivity contribution in [1.82, 2.24) is 15.2 Å². The van der Waals surface area contributed by atoms with Crippen LogP contribution < -0.4 is 5.32 Å². The van der Waals surface area contributed by atoms with Gasteiger partial charge in [0.15, 0.2) is 0 Å². The standard InChI is InChI=1S/C15H25N3/c1-14(2)12-18(15(3,4)8-10-17-14)11-13-7-5-6-9-16-13/h5-7,9,17H,8,10-12H2,1-4H3. The summed E-state index contributed by atoms with van der Waals surface area (Å²) < 4.78 is 0. The highest BCUT2D eigenvalue weighted by Crippen LogP contribution is 2.26. The fourth-order valence-electron chi connectivity index (χ4n) is 2.57. The molecule has 0 aliphatic carbocycles. The minimum atomic E-state index is 0.169. The maximum absolute atomic E-state index is 4.45. The smallest absolute Gasteiger partial charge is 0.0544 e. The Morgan fingerprint density at radius 1 is 1.28 bits per heavy atom. The monoisotopic (exact) mass is 247 g/mol. The highest BCUT2D eigenvalue weighted by atomic mass is 15.2. The molecule has 0 saturated carbocycles. The molecule has 0 amide bonds. The third kappa shape index (κ3) is 3.30. The van der Waals surface area contributed by atoms with Crippen molar-refractivity contribution >= 4 is 0 Å². The van der Waals surface area contributed by atoms with Crippen LogP contribution in [0.5, 0.6) is 0 Å². The van der Waals surface area contributed by atoms with E-state index < -0.39 is 0 Å². The summed E-state index contributed by atoms with van der Waals surface area (Å²) in [6.07, 6.45) is 3.05. The summed E-state index contributed by atoms with van der Waals surface area (Å²) in [6.45, 7) is 12.3. The van der Waals surface area contributed by atoms with E-state index in [9.17, 15) is 0 Å². The Balaban J connectivity index is 2.16. The third-order valence-electron chi connectivity index (χ3n) is 3.86. The van der Waals surface area contributed by atoms with E-state index in [1.807, 2.05) is 12.3 Å². The van der Waals surface area contributed by atoms with Gasteiger partial charge in [-0.2, -0.15) is 0 Å². The van der Waals surface area contributed by atoms with Gasteiger partial charge in [-0.1, -0.05) is 6.07 Å². The van der Waals surface area contributed by atoms with E-state index in [4.69, 9.17) is 0 Å². The molecule has 100 valence electrons. The summed E-state index contributed by atoms with van der Waals surface area (Å²) in [7, 11) is 0. The molecule has 1 aliphatic heterocycles. The fourth-order valence-corrected chi connectivity index (χ4v) is 2.57. The van der Waals surface area contributed by atoms with Crippen molar-refractivity contribution in [1.29, 1.82) is 0 Å². The van der Waals surface area contributed by atoms with Gasteiger partial charge in [-0.05, 0) is 52.8 Å². The van der Waals surface area contributed by atoms with Crippen LogP contribution in [-0.4, -0.2) is 34.1 Å². The summed E-state index contributed by atoms with van der Waals surface area (Å²) in [4.78, 5) is 7.01. The lowest BCUT2D eigenvalue weighted by molar-refractivity contribution is 0.0965. The number of pyridine rings is 1. The molecule has 3 nitrogen and oxygen atoms in total. The van der Waals surface area contributed by atoms with Crippen molar-refractivity contribution in [3.05, 3.63) is 30.1 Å². The first kappa shape index (κ1) is 13.5. The van der Waals surface area contributed by atoms with Crippen molar-refractivity contribution in [2.75, 3.05) is 13.1 Å². The molecule has 1 aliphatic rings. The zero-order chi connectivity index (χ0) is 13.2. The highest BCUT2D eigenvalue weighted by Gasteiger charge is 2.34. The molecule has 3 heteroatoms. The van der Waals surface area contributed by atoms with Gasteiger partial charge in [-0.15, -0.1) is 0 Å². The largest absolute Gasteiger partial charge is 0.310 e. The van der Waals surface area contributed by atoms with Crippen LogP contribution >= 0.6 is 0 Å². The first-order chi connectivity index (χ1) is 8.39. The zero-order valence-electron chi connectivity index (χ0n) is 12.0. The van der Waals surface area contributed by atoms with E-state index in [1.54, 1.807) is 0 Å². The molecule has 0 bridgehead atoms. The van der Waals surface area contributed by atoms with Crippen molar-refractivity contribution in [3.8, 4) is 0 Å². The summed E-state index contributed by atoms with van der Waals surface area (Å²) in [5, 5.41) is 3.63. The van der Waals surface area contributed by atoms with Gasteiger partial charge in [0.25, 0.3) is 0 Å². The first-order valence-electron chi connectivity index (χ1n) is 6.79. The van der Waals surface area contributed by atoms with Gasteiger partial charge in [0.1, 0.15) is 0 Å². The van der Waals surface area contributed by atoms with Gasteiger partial charge in [-0.25, -0.2) is 0 Å². The number of hydrogen-bond acceptors (Lipinski definition) is 3. The number of hydrogen-bond donors (Lipinski definition) is 1. The molecule has 1 saturated heterocycles. The summed E-state index contributed by atoms with van der Waals surface area (Å²) in [5.74, 6) is 0. The summed E-state index contributed by atoms with van der Waals surface area (Å²) in [5.41, 5.74) is 1.55. The SMILES string of the molecule is CC1(C)CN(Cc2ccccn2)C(C)(C)CCN1. The van der Waals surface area contributed by atoms with E-state index in [2.05, 4.69) is 55.0 Å². The normalized spacial score (nSPS) is 23.6. The minimum absolute atomic E-state index is 0.169. The van der Waals surface area contributed by atoms with Gasteiger partial charge in [-0.3, -0.25) is 9.88 Å². The van der Waals surface area contributed by atoms with Crippen LogP contribution in [0.4, 0.5) is 0 Å². The first-order valence-corrected chi connectivity index (χ1v) is 6.79. The van der Waals surface area contributed by atoms with Crippen LogP contribution in [0, 0.1) is 0 Å². The second-order valence-electron chi connectivity index (χ2n) is 6.55. The van der Waals surface area contributed by atoms with Crippen molar-refractivity contribution in [2.45, 2.75) is 51.7 Å². The maximum atomic E-state index is 4.45. The Labute approximate surface area is 111 Å². The maximum Gasteiger partial charge on any atom is 0.0544 e. The molecule has 1 N–H and O–H groups in total. The summed E-state index contributed by atoms with van der Waals surface area (Å²) in [6, 6.07) is 6.15. The molecule has 0 aromatic carbocycles. The molecular weight excluding hydrogens is 222 g/mol. The highest BCUT2D eigenvalue weighted by molar-refractivity contribution is 5.05. The number of rotatable bonds is 2. The van der Waals surface area contributed by atoms with E-state index in [-0.39, 0.29) is 11.1 Å². The molecule has 2 heterocycles. The van der Waals surface area contributed by atoms with Crippen LogP contribution in [0.3, 0.4) is 0 Å². The quantitative estimate of drug-likeness (QED) is 0.870. The Kier molecular flexibility index (Phi) is 3.74. The van der Waals surface area contributed by atoms with Crippen LogP contribution in [0.2, 0.25) is 0 Å². The second-order valence-corrected chi connectivity index (χ2v) is 6.55. The van der Waals surface area contributed by atoms with E-state index in [1.165, 1.54) is 6.42 Å². The van der Waals surface area contributed by atoms with E-state index in [0.717, 1.165) is 25.3 Å². The lowest BCUT2D eigenvalue weighted by atomic mass is 9.97. The van der Waals surface area contributed by atoms with Crippen LogP contribution in [0.1, 0.15) is 39.8 Å². The van der Waals surface area contributed by atoms with Gasteiger partial charge < -0.3 is 5.32 Å². The number of aromatic nitrogens is 1. The molecule has 1 aromatic rings. The minimum Gasteiger partial charge on any atom is -0.310 e. The molecule has 1 aromatic heterocycles. The fraction of sp³-hybridized carbons (Fsp3) is 0.667. The lowest BCUT2D eigenvalue weighted by Gasteiger charge is -2.39. The van der Waals surface area contributed by atoms with Gasteiger partial charge in [0, 0.05) is 30.4 Å². The molecule has 0 radical (unpaired) electrons. The van der Waals surface area contributed by atoms with Crippen molar-refractivity contribution in [3.63, 3.8) is 0 Å². The zero-order valence-corrected chi connectivity index (χ0v) is 12.0. The third-order valence-corrected chi connectivity index (χ3v) is 3.86. The molecule has 0 unspecified atom stereocenters. The number of nitrogens with one attached hydrogen (secondary N) is 1. The van der Waals surface area contributed by atoms with Crippen LogP contribution in [-0.2, 0) is 6.54 Å². The molecular formula is C15H25N3. The molecule has 1 fully saturated rings. The lowest BCUT2D eigenvalue weighted by Crippen LogP contribution is -2.50. The average molecular weight is 247 g/mol. The molecule has 0 atom stereocenters. The molecule has 18 heavy (non-hydrogen) atoms. The summed E-state index contributed by atoms with van der Waals surface area (Å²) >= 11 is 0. The Morgan fingerprint density at radius 3 is 2.72 bits per heavy atom. The van der Waals surface area contributed by atoms with Gasteiger partial charge in [0.05, 0.1) is 5.69 Å². The topological polar surface area (TPSA) is 28.2 Å². The Hall–Kier alpha value is -0.930. The Morgan fingerprint density at radius 2 is 2.06 bits per heavy atom.